The molecule has 0 aliphatic carbocycles. The first-order valence-electron chi connectivity index (χ1n) is 7.61. The zero-order valence-corrected chi connectivity index (χ0v) is 13.7. The fourth-order valence-electron chi connectivity index (χ4n) is 2.69. The molecule has 1 fully saturated rings. The number of aryl methyl sites for hydroxylation is 1. The van der Waals surface area contributed by atoms with Crippen LogP contribution in [0.25, 0.3) is 0 Å². The van der Waals surface area contributed by atoms with Crippen LogP contribution in [0.5, 0.6) is 0 Å². The van der Waals surface area contributed by atoms with Gasteiger partial charge in [0.05, 0.1) is 6.07 Å². The Labute approximate surface area is 131 Å². The molecule has 1 N–H and O–H groups in total. The number of nitrogens with zero attached hydrogens (tertiary/aromatic N) is 4. The van der Waals surface area contributed by atoms with Crippen molar-refractivity contribution in [3.63, 3.8) is 0 Å². The fourth-order valence-corrected chi connectivity index (χ4v) is 2.69. The summed E-state index contributed by atoms with van der Waals surface area (Å²) in [7, 11) is 1.84. The van der Waals surface area contributed by atoms with Crippen molar-refractivity contribution in [2.24, 2.45) is 5.41 Å². The fraction of sp³-hybridized carbons (Fsp3) is 0.625. The number of amides is 1. The van der Waals surface area contributed by atoms with Gasteiger partial charge >= 0.3 is 0 Å². The average Bonchev–Trinajstić information content (AvgIpc) is 2.53. The van der Waals surface area contributed by atoms with Crippen molar-refractivity contribution < 1.29 is 4.79 Å². The molecule has 0 bridgehead atoms. The van der Waals surface area contributed by atoms with Crippen molar-refractivity contribution in [2.45, 2.75) is 39.5 Å². The van der Waals surface area contributed by atoms with Crippen LogP contribution in [0, 0.1) is 23.7 Å². The van der Waals surface area contributed by atoms with E-state index in [0.717, 1.165) is 30.2 Å². The summed E-state index contributed by atoms with van der Waals surface area (Å²) in [6, 6.07) is 3.99. The number of hydrogen-bond donors (Lipinski definition) is 1. The van der Waals surface area contributed by atoms with Gasteiger partial charge in [-0.1, -0.05) is 0 Å². The third-order valence-electron chi connectivity index (χ3n) is 4.09. The topological polar surface area (TPSA) is 81.9 Å². The predicted molar refractivity (Wildman–Crippen MR) is 84.3 cm³/mol. The van der Waals surface area contributed by atoms with Crippen LogP contribution in [0.15, 0.2) is 6.07 Å². The van der Waals surface area contributed by atoms with Gasteiger partial charge in [0.15, 0.2) is 0 Å². The Kier molecular flexibility index (Phi) is 4.65. The van der Waals surface area contributed by atoms with Crippen LogP contribution >= 0.6 is 0 Å². The zero-order valence-electron chi connectivity index (χ0n) is 13.7. The van der Waals surface area contributed by atoms with E-state index in [1.54, 1.807) is 18.7 Å². The lowest BCUT2D eigenvalue weighted by atomic mass is 9.90. The van der Waals surface area contributed by atoms with E-state index in [1.807, 2.05) is 20.0 Å². The van der Waals surface area contributed by atoms with E-state index in [9.17, 15) is 4.79 Å². The summed E-state index contributed by atoms with van der Waals surface area (Å²) in [4.78, 5) is 23.2. The van der Waals surface area contributed by atoms with Gasteiger partial charge in [-0.25, -0.2) is 9.97 Å². The van der Waals surface area contributed by atoms with Crippen molar-refractivity contribution in [2.75, 3.05) is 25.5 Å². The molecular weight excluding hydrogens is 278 g/mol. The summed E-state index contributed by atoms with van der Waals surface area (Å²) in [6.45, 7) is 6.61. The minimum atomic E-state index is -0.952. The predicted octanol–water partition coefficient (Wildman–Crippen LogP) is 2.08. The number of aromatic nitrogens is 2. The minimum absolute atomic E-state index is 0.0884. The van der Waals surface area contributed by atoms with Gasteiger partial charge in [-0.2, -0.15) is 5.26 Å². The number of rotatable bonds is 3. The molecule has 2 rings (SSSR count). The summed E-state index contributed by atoms with van der Waals surface area (Å²) in [6.07, 6.45) is 1.67. The molecule has 0 saturated carbocycles. The van der Waals surface area contributed by atoms with E-state index in [1.165, 1.54) is 0 Å². The molecule has 0 radical (unpaired) electrons. The highest BCUT2D eigenvalue weighted by atomic mass is 16.2. The molecule has 1 saturated heterocycles. The Balaban J connectivity index is 2.05. The lowest BCUT2D eigenvalue weighted by molar-refractivity contribution is -0.138. The molecule has 6 nitrogen and oxygen atoms in total. The largest absolute Gasteiger partial charge is 0.373 e. The highest BCUT2D eigenvalue weighted by molar-refractivity contribution is 5.84. The second kappa shape index (κ2) is 6.30. The maximum Gasteiger partial charge on any atom is 0.242 e. The monoisotopic (exact) mass is 301 g/mol. The van der Waals surface area contributed by atoms with Crippen LogP contribution in [0.1, 0.15) is 44.1 Å². The molecule has 0 aromatic carbocycles. The van der Waals surface area contributed by atoms with Crippen LogP contribution in [-0.4, -0.2) is 40.9 Å². The molecule has 1 amide bonds. The molecule has 22 heavy (non-hydrogen) atoms. The van der Waals surface area contributed by atoms with Crippen LogP contribution in [0.4, 0.5) is 5.82 Å². The maximum atomic E-state index is 12.3. The summed E-state index contributed by atoms with van der Waals surface area (Å²) < 4.78 is 0. The molecule has 6 heteroatoms. The molecule has 1 aliphatic rings. The van der Waals surface area contributed by atoms with Crippen LogP contribution in [0.2, 0.25) is 0 Å². The van der Waals surface area contributed by atoms with Gasteiger partial charge in [0.1, 0.15) is 17.1 Å². The lowest BCUT2D eigenvalue weighted by Crippen LogP contribution is -2.44. The normalized spacial score (nSPS) is 16.2. The van der Waals surface area contributed by atoms with Crippen molar-refractivity contribution >= 4 is 11.7 Å². The van der Waals surface area contributed by atoms with Crippen molar-refractivity contribution in [1.82, 2.24) is 14.9 Å². The number of carbonyl (C=O) groups excluding carboxylic acids is 1. The molecule has 118 valence electrons. The summed E-state index contributed by atoms with van der Waals surface area (Å²) in [5, 5.41) is 12.1. The SMILES string of the molecule is CNc1cc(C)nc(C2CCN(C(=O)C(C)(C)C#N)CC2)n1. The number of hydrogen-bond acceptors (Lipinski definition) is 5. The Morgan fingerprint density at radius 3 is 2.59 bits per heavy atom. The minimum Gasteiger partial charge on any atom is -0.373 e. The standard InChI is InChI=1S/C16H23N5O/c1-11-9-13(18-4)20-14(19-11)12-5-7-21(8-6-12)15(22)16(2,3)10-17/h9,12H,5-8H2,1-4H3,(H,18,19,20). The Morgan fingerprint density at radius 1 is 1.41 bits per heavy atom. The van der Waals surface area contributed by atoms with E-state index >= 15 is 0 Å². The highest BCUT2D eigenvalue weighted by Gasteiger charge is 2.34. The average molecular weight is 301 g/mol. The number of carbonyl (C=O) groups is 1. The third kappa shape index (κ3) is 3.35. The molecule has 0 atom stereocenters. The Bertz CT molecular complexity index is 597. The van der Waals surface area contributed by atoms with Crippen LogP contribution in [-0.2, 0) is 4.79 Å². The Morgan fingerprint density at radius 2 is 2.05 bits per heavy atom. The van der Waals surface area contributed by atoms with E-state index < -0.39 is 5.41 Å². The maximum absolute atomic E-state index is 12.3. The van der Waals surface area contributed by atoms with Gasteiger partial charge < -0.3 is 10.2 Å². The number of piperidine rings is 1. The second-order valence-corrected chi connectivity index (χ2v) is 6.31. The first-order chi connectivity index (χ1) is 10.4. The lowest BCUT2D eigenvalue weighted by Gasteiger charge is -2.34. The molecule has 0 unspecified atom stereocenters. The molecule has 1 aliphatic heterocycles. The molecular formula is C16H23N5O. The van der Waals surface area contributed by atoms with Gasteiger partial charge in [-0.15, -0.1) is 0 Å². The van der Waals surface area contributed by atoms with Gasteiger partial charge in [0.25, 0.3) is 0 Å². The second-order valence-electron chi connectivity index (χ2n) is 6.31. The number of likely N-dealkylation sites (tertiary alicyclic amines) is 1. The van der Waals surface area contributed by atoms with Crippen molar-refractivity contribution in [3.05, 3.63) is 17.6 Å². The highest BCUT2D eigenvalue weighted by Crippen LogP contribution is 2.29. The van der Waals surface area contributed by atoms with Gasteiger partial charge in [0.2, 0.25) is 5.91 Å². The van der Waals surface area contributed by atoms with Gasteiger partial charge in [-0.05, 0) is 33.6 Å². The molecule has 1 aromatic rings. The Hall–Kier alpha value is -2.16. The quantitative estimate of drug-likeness (QED) is 0.924. The van der Waals surface area contributed by atoms with E-state index in [0.29, 0.717) is 13.1 Å². The van der Waals surface area contributed by atoms with Crippen molar-refractivity contribution in [1.29, 1.82) is 5.26 Å². The smallest absolute Gasteiger partial charge is 0.242 e. The first-order valence-corrected chi connectivity index (χ1v) is 7.61. The van der Waals surface area contributed by atoms with Crippen LogP contribution in [0.3, 0.4) is 0 Å². The third-order valence-corrected chi connectivity index (χ3v) is 4.09. The van der Waals surface area contributed by atoms with Crippen LogP contribution < -0.4 is 5.32 Å². The molecule has 0 spiro atoms. The van der Waals surface area contributed by atoms with Gasteiger partial charge in [0, 0.05) is 37.8 Å². The van der Waals surface area contributed by atoms with Crippen molar-refractivity contribution in [3.8, 4) is 6.07 Å². The molecule has 2 heterocycles. The first kappa shape index (κ1) is 16.2. The van der Waals surface area contributed by atoms with Gasteiger partial charge in [-0.3, -0.25) is 4.79 Å². The van der Waals surface area contributed by atoms with E-state index in [4.69, 9.17) is 5.26 Å². The summed E-state index contributed by atoms with van der Waals surface area (Å²) in [5.74, 6) is 1.85. The number of nitrogens with one attached hydrogen (secondary N) is 1. The number of nitriles is 1. The van der Waals surface area contributed by atoms with E-state index in [2.05, 4.69) is 21.4 Å². The summed E-state index contributed by atoms with van der Waals surface area (Å²) >= 11 is 0. The number of anilines is 1. The summed E-state index contributed by atoms with van der Waals surface area (Å²) in [5.41, 5.74) is -0.00938. The zero-order chi connectivity index (χ0) is 16.3. The molecule has 1 aromatic heterocycles. The van der Waals surface area contributed by atoms with E-state index in [-0.39, 0.29) is 11.8 Å².